The van der Waals surface area contributed by atoms with E-state index in [9.17, 15) is 0 Å². The van der Waals surface area contributed by atoms with E-state index in [0.717, 1.165) is 23.7 Å². The van der Waals surface area contributed by atoms with Crippen molar-refractivity contribution in [2.75, 3.05) is 13.2 Å². The minimum absolute atomic E-state index is 0.170. The zero-order chi connectivity index (χ0) is 16.1. The van der Waals surface area contributed by atoms with Crippen LogP contribution in [0, 0.1) is 34.5 Å². The van der Waals surface area contributed by atoms with Crippen LogP contribution in [0.2, 0.25) is 0 Å². The van der Waals surface area contributed by atoms with Crippen molar-refractivity contribution in [2.45, 2.75) is 84.2 Å². The van der Waals surface area contributed by atoms with E-state index in [4.69, 9.17) is 9.84 Å². The highest BCUT2D eigenvalue weighted by molar-refractivity contribution is 5.07. The maximum Gasteiger partial charge on any atom is 0.0701 e. The van der Waals surface area contributed by atoms with Crippen LogP contribution in [0.15, 0.2) is 0 Å². The van der Waals surface area contributed by atoms with E-state index in [1.807, 2.05) is 0 Å². The lowest BCUT2D eigenvalue weighted by molar-refractivity contribution is -0.131. The average Bonchev–Trinajstić information content (AvgIpc) is 2.94. The molecule has 0 spiro atoms. The number of hydrogen-bond acceptors (Lipinski definition) is 2. The molecule has 1 N–H and O–H groups in total. The molecule has 4 aliphatic rings. The molecule has 4 fully saturated rings. The molecular formula is C21H36O2. The Bertz CT molecular complexity index is 436. The molecule has 0 heterocycles. The summed E-state index contributed by atoms with van der Waals surface area (Å²) in [4.78, 5) is 0. The fourth-order valence-electron chi connectivity index (χ4n) is 7.58. The van der Waals surface area contributed by atoms with Gasteiger partial charge in [-0.3, -0.25) is 0 Å². The molecular weight excluding hydrogens is 284 g/mol. The van der Waals surface area contributed by atoms with Gasteiger partial charge in [-0.1, -0.05) is 20.3 Å². The van der Waals surface area contributed by atoms with E-state index < -0.39 is 0 Å². The lowest BCUT2D eigenvalue weighted by Gasteiger charge is -2.60. The Hall–Kier alpha value is -0.0800. The first kappa shape index (κ1) is 16.4. The van der Waals surface area contributed by atoms with Crippen LogP contribution in [-0.2, 0) is 4.74 Å². The minimum Gasteiger partial charge on any atom is -0.394 e. The van der Waals surface area contributed by atoms with Crippen molar-refractivity contribution in [3.05, 3.63) is 0 Å². The third-order valence-corrected chi connectivity index (χ3v) is 8.84. The highest BCUT2D eigenvalue weighted by atomic mass is 16.5. The molecule has 4 saturated carbocycles. The molecule has 0 bridgehead atoms. The van der Waals surface area contributed by atoms with Crippen molar-refractivity contribution >= 4 is 0 Å². The van der Waals surface area contributed by atoms with E-state index in [1.54, 1.807) is 0 Å². The topological polar surface area (TPSA) is 29.5 Å². The molecule has 2 nitrogen and oxygen atoms in total. The van der Waals surface area contributed by atoms with Gasteiger partial charge in [0, 0.05) is 0 Å². The monoisotopic (exact) mass is 320 g/mol. The van der Waals surface area contributed by atoms with Gasteiger partial charge in [0.25, 0.3) is 0 Å². The smallest absolute Gasteiger partial charge is 0.0701 e. The molecule has 0 aromatic heterocycles. The van der Waals surface area contributed by atoms with Crippen LogP contribution in [-0.4, -0.2) is 24.4 Å². The number of hydrogen-bond donors (Lipinski definition) is 1. The van der Waals surface area contributed by atoms with Gasteiger partial charge in [0.05, 0.1) is 19.3 Å². The fraction of sp³-hybridized carbons (Fsp3) is 1.00. The van der Waals surface area contributed by atoms with Crippen LogP contribution in [0.1, 0.15) is 78.1 Å². The van der Waals surface area contributed by atoms with Crippen LogP contribution in [0.25, 0.3) is 0 Å². The molecule has 7 atom stereocenters. The largest absolute Gasteiger partial charge is 0.394 e. The summed E-state index contributed by atoms with van der Waals surface area (Å²) >= 11 is 0. The fourth-order valence-corrected chi connectivity index (χ4v) is 7.58. The van der Waals surface area contributed by atoms with Gasteiger partial charge in [-0.05, 0) is 92.3 Å². The van der Waals surface area contributed by atoms with Crippen LogP contribution >= 0.6 is 0 Å². The first-order chi connectivity index (χ1) is 11.1. The zero-order valence-corrected chi connectivity index (χ0v) is 15.2. The quantitative estimate of drug-likeness (QED) is 0.809. The predicted molar refractivity (Wildman–Crippen MR) is 93.2 cm³/mol. The van der Waals surface area contributed by atoms with Crippen molar-refractivity contribution in [1.29, 1.82) is 0 Å². The zero-order valence-electron chi connectivity index (χ0n) is 15.2. The second-order valence-electron chi connectivity index (χ2n) is 9.73. The molecule has 0 aromatic carbocycles. The van der Waals surface area contributed by atoms with Crippen LogP contribution in [0.3, 0.4) is 0 Å². The summed E-state index contributed by atoms with van der Waals surface area (Å²) in [5.41, 5.74) is 1.26. The highest BCUT2D eigenvalue weighted by Gasteiger charge is 2.57. The van der Waals surface area contributed by atoms with Gasteiger partial charge in [-0.25, -0.2) is 0 Å². The summed E-state index contributed by atoms with van der Waals surface area (Å²) in [5, 5.41) is 9.02. The summed E-state index contributed by atoms with van der Waals surface area (Å²) < 4.78 is 5.90. The maximum absolute atomic E-state index is 9.02. The van der Waals surface area contributed by atoms with Gasteiger partial charge in [-0.15, -0.1) is 0 Å². The first-order valence-corrected chi connectivity index (χ1v) is 10.3. The molecule has 0 aromatic rings. The molecule has 0 unspecified atom stereocenters. The van der Waals surface area contributed by atoms with Gasteiger partial charge in [0.1, 0.15) is 0 Å². The van der Waals surface area contributed by atoms with Gasteiger partial charge in [-0.2, -0.15) is 0 Å². The lowest BCUT2D eigenvalue weighted by Crippen LogP contribution is -2.53. The Labute approximate surface area is 142 Å². The number of aliphatic hydroxyl groups excluding tert-OH is 1. The summed E-state index contributed by atoms with van der Waals surface area (Å²) in [6, 6.07) is 0. The van der Waals surface area contributed by atoms with Crippen molar-refractivity contribution in [2.24, 2.45) is 34.5 Å². The SMILES string of the molecule is C[C@]12CCC[C@@H]1[C@@H]1CC[C@H]3C[C@H](OCCO)CC[C@@]3(C)[C@@H]1CC2. The van der Waals surface area contributed by atoms with Gasteiger partial charge in [0.2, 0.25) is 0 Å². The molecule has 0 radical (unpaired) electrons. The van der Waals surface area contributed by atoms with Crippen molar-refractivity contribution in [1.82, 2.24) is 0 Å². The molecule has 0 saturated heterocycles. The van der Waals surface area contributed by atoms with E-state index in [-0.39, 0.29) is 6.61 Å². The Balaban J connectivity index is 1.49. The Kier molecular flexibility index (Phi) is 4.29. The molecule has 4 rings (SSSR count). The van der Waals surface area contributed by atoms with E-state index in [1.165, 1.54) is 64.2 Å². The van der Waals surface area contributed by atoms with Gasteiger partial charge < -0.3 is 9.84 Å². The standard InChI is InChI=1S/C21H36O2/c1-20-9-3-4-18(20)17-6-5-15-14-16(23-13-12-22)7-11-21(15,2)19(17)8-10-20/h15-19,22H,3-14H2,1-2H3/t15-,16+,17-,18+,19+,20+,21+/m0/s1. The summed E-state index contributed by atoms with van der Waals surface area (Å²) in [5.74, 6) is 3.90. The Morgan fingerprint density at radius 1 is 0.957 bits per heavy atom. The van der Waals surface area contributed by atoms with Crippen LogP contribution < -0.4 is 0 Å². The Morgan fingerprint density at radius 2 is 1.83 bits per heavy atom. The summed E-state index contributed by atoms with van der Waals surface area (Å²) in [6.07, 6.45) is 14.6. The average molecular weight is 321 g/mol. The molecule has 23 heavy (non-hydrogen) atoms. The molecule has 0 aliphatic heterocycles. The van der Waals surface area contributed by atoms with E-state index in [2.05, 4.69) is 13.8 Å². The predicted octanol–water partition coefficient (Wildman–Crippen LogP) is 4.80. The highest BCUT2D eigenvalue weighted by Crippen LogP contribution is 2.66. The summed E-state index contributed by atoms with van der Waals surface area (Å²) in [7, 11) is 0. The van der Waals surface area contributed by atoms with Crippen molar-refractivity contribution < 1.29 is 9.84 Å². The number of ether oxygens (including phenoxy) is 1. The molecule has 4 aliphatic carbocycles. The number of fused-ring (bicyclic) bond motifs is 5. The third-order valence-electron chi connectivity index (χ3n) is 8.84. The normalized spacial score (nSPS) is 52.6. The van der Waals surface area contributed by atoms with Crippen LogP contribution in [0.4, 0.5) is 0 Å². The van der Waals surface area contributed by atoms with E-state index >= 15 is 0 Å². The summed E-state index contributed by atoms with van der Waals surface area (Å²) in [6.45, 7) is 5.94. The van der Waals surface area contributed by atoms with E-state index in [0.29, 0.717) is 23.5 Å². The molecule has 132 valence electrons. The van der Waals surface area contributed by atoms with Crippen molar-refractivity contribution in [3.8, 4) is 0 Å². The van der Waals surface area contributed by atoms with Gasteiger partial charge >= 0.3 is 0 Å². The first-order valence-electron chi connectivity index (χ1n) is 10.3. The lowest BCUT2D eigenvalue weighted by atomic mass is 9.45. The Morgan fingerprint density at radius 3 is 2.65 bits per heavy atom. The second-order valence-corrected chi connectivity index (χ2v) is 9.73. The molecule has 2 heteroatoms. The number of aliphatic hydroxyl groups is 1. The van der Waals surface area contributed by atoms with Gasteiger partial charge in [0.15, 0.2) is 0 Å². The van der Waals surface area contributed by atoms with Crippen molar-refractivity contribution in [3.63, 3.8) is 0 Å². The van der Waals surface area contributed by atoms with Crippen LogP contribution in [0.5, 0.6) is 0 Å². The second kappa shape index (κ2) is 6.02. The maximum atomic E-state index is 9.02. The third kappa shape index (κ3) is 2.59. The molecule has 0 amide bonds. The number of rotatable bonds is 3. The minimum atomic E-state index is 0.170.